The summed E-state index contributed by atoms with van der Waals surface area (Å²) in [5.74, 6) is 1.32. The second-order valence-electron chi connectivity index (χ2n) is 4.10. The highest BCUT2D eigenvalue weighted by Crippen LogP contribution is 2.17. The molecule has 106 valence electrons. The van der Waals surface area contributed by atoms with E-state index in [1.807, 2.05) is 12.1 Å². The molecule has 1 aromatic carbocycles. The average Bonchev–Trinajstić information content (AvgIpc) is 2.44. The molecule has 1 rings (SSSR count). The van der Waals surface area contributed by atoms with Gasteiger partial charge in [0, 0.05) is 6.54 Å². The molecule has 5 nitrogen and oxygen atoms in total. The van der Waals surface area contributed by atoms with E-state index in [9.17, 15) is 4.79 Å². The molecule has 0 aliphatic carbocycles. The highest BCUT2D eigenvalue weighted by molar-refractivity contribution is 5.77. The van der Waals surface area contributed by atoms with Crippen LogP contribution in [-0.2, 0) is 4.79 Å². The summed E-state index contributed by atoms with van der Waals surface area (Å²) in [6, 6.07) is 7.24. The van der Waals surface area contributed by atoms with Crippen molar-refractivity contribution in [2.75, 3.05) is 26.3 Å². The molecule has 0 aliphatic rings. The van der Waals surface area contributed by atoms with E-state index >= 15 is 0 Å². The highest BCUT2D eigenvalue weighted by atomic mass is 16.5. The minimum atomic E-state index is -0.139. The van der Waals surface area contributed by atoms with Crippen molar-refractivity contribution < 1.29 is 14.3 Å². The summed E-state index contributed by atoms with van der Waals surface area (Å²) in [6.07, 6.45) is 1.75. The first-order valence-corrected chi connectivity index (χ1v) is 6.58. The van der Waals surface area contributed by atoms with Gasteiger partial charge in [-0.1, -0.05) is 6.92 Å². The zero-order valence-corrected chi connectivity index (χ0v) is 11.4. The third kappa shape index (κ3) is 6.67. The molecule has 0 atom stereocenters. The number of carbonyl (C=O) groups excluding carboxylic acids is 1. The smallest absolute Gasteiger partial charge is 0.257 e. The Bertz CT molecular complexity index is 365. The zero-order chi connectivity index (χ0) is 13.9. The molecule has 0 unspecified atom stereocenters. The van der Waals surface area contributed by atoms with Crippen LogP contribution in [0.25, 0.3) is 0 Å². The summed E-state index contributed by atoms with van der Waals surface area (Å²) in [6.45, 7) is 3.92. The molecular weight excluding hydrogens is 244 g/mol. The number of hydrogen-bond acceptors (Lipinski definition) is 4. The number of nitrogens with two attached hydrogens (primary N) is 1. The van der Waals surface area contributed by atoms with Crippen LogP contribution in [0.1, 0.15) is 19.8 Å². The van der Waals surface area contributed by atoms with Gasteiger partial charge in [-0.3, -0.25) is 4.79 Å². The fourth-order valence-corrected chi connectivity index (χ4v) is 1.38. The molecule has 0 radical (unpaired) electrons. The van der Waals surface area contributed by atoms with Crippen LogP contribution < -0.4 is 20.5 Å². The van der Waals surface area contributed by atoms with E-state index in [0.29, 0.717) is 25.4 Å². The maximum Gasteiger partial charge on any atom is 0.257 e. The molecule has 0 bridgehead atoms. The van der Waals surface area contributed by atoms with Crippen LogP contribution in [0.3, 0.4) is 0 Å². The van der Waals surface area contributed by atoms with Gasteiger partial charge >= 0.3 is 0 Å². The predicted octanol–water partition coefficient (Wildman–Crippen LogP) is 1.32. The SMILES string of the molecule is CCCOc1ccc(OCC(=O)NCCCN)cc1. The summed E-state index contributed by atoms with van der Waals surface area (Å²) in [5.41, 5.74) is 5.33. The Morgan fingerprint density at radius 3 is 2.42 bits per heavy atom. The lowest BCUT2D eigenvalue weighted by Gasteiger charge is -2.08. The first kappa shape index (κ1) is 15.3. The van der Waals surface area contributed by atoms with Gasteiger partial charge in [-0.25, -0.2) is 0 Å². The summed E-state index contributed by atoms with van der Waals surface area (Å²) >= 11 is 0. The lowest BCUT2D eigenvalue weighted by atomic mass is 10.3. The molecule has 0 fully saturated rings. The maximum absolute atomic E-state index is 11.4. The topological polar surface area (TPSA) is 73.6 Å². The van der Waals surface area contributed by atoms with Gasteiger partial charge < -0.3 is 20.5 Å². The Hall–Kier alpha value is -1.75. The van der Waals surface area contributed by atoms with Gasteiger partial charge in [0.25, 0.3) is 5.91 Å². The van der Waals surface area contributed by atoms with E-state index in [2.05, 4.69) is 12.2 Å². The van der Waals surface area contributed by atoms with Crippen molar-refractivity contribution in [2.24, 2.45) is 5.73 Å². The Kier molecular flexibility index (Phi) is 7.43. The van der Waals surface area contributed by atoms with Crippen LogP contribution in [0.5, 0.6) is 11.5 Å². The first-order chi connectivity index (χ1) is 9.26. The molecule has 3 N–H and O–H groups in total. The number of hydrogen-bond donors (Lipinski definition) is 2. The number of nitrogens with one attached hydrogen (secondary N) is 1. The van der Waals surface area contributed by atoms with E-state index in [0.717, 1.165) is 18.6 Å². The minimum absolute atomic E-state index is 0.0136. The Labute approximate surface area is 114 Å². The van der Waals surface area contributed by atoms with E-state index in [1.54, 1.807) is 12.1 Å². The van der Waals surface area contributed by atoms with Crippen LogP contribution >= 0.6 is 0 Å². The van der Waals surface area contributed by atoms with Gasteiger partial charge in [0.1, 0.15) is 11.5 Å². The lowest BCUT2D eigenvalue weighted by molar-refractivity contribution is -0.123. The number of amides is 1. The number of ether oxygens (including phenoxy) is 2. The number of benzene rings is 1. The first-order valence-electron chi connectivity index (χ1n) is 6.58. The molecule has 19 heavy (non-hydrogen) atoms. The molecular formula is C14H22N2O3. The molecule has 0 aliphatic heterocycles. The highest BCUT2D eigenvalue weighted by Gasteiger charge is 2.02. The fraction of sp³-hybridized carbons (Fsp3) is 0.500. The molecule has 0 spiro atoms. The lowest BCUT2D eigenvalue weighted by Crippen LogP contribution is -2.30. The monoisotopic (exact) mass is 266 g/mol. The van der Waals surface area contributed by atoms with E-state index in [1.165, 1.54) is 0 Å². The average molecular weight is 266 g/mol. The van der Waals surface area contributed by atoms with Gasteiger partial charge in [0.05, 0.1) is 6.61 Å². The van der Waals surface area contributed by atoms with E-state index in [4.69, 9.17) is 15.2 Å². The standard InChI is InChI=1S/C14H22N2O3/c1-2-10-18-12-4-6-13(7-5-12)19-11-14(17)16-9-3-8-15/h4-7H,2-3,8-11,15H2,1H3,(H,16,17). The van der Waals surface area contributed by atoms with Crippen LogP contribution in [-0.4, -0.2) is 32.2 Å². The molecule has 5 heteroatoms. The minimum Gasteiger partial charge on any atom is -0.494 e. The fourth-order valence-electron chi connectivity index (χ4n) is 1.38. The van der Waals surface area contributed by atoms with Crippen LogP contribution in [0, 0.1) is 0 Å². The normalized spacial score (nSPS) is 10.0. The summed E-state index contributed by atoms with van der Waals surface area (Å²) in [7, 11) is 0. The van der Waals surface area contributed by atoms with E-state index < -0.39 is 0 Å². The van der Waals surface area contributed by atoms with Crippen molar-refractivity contribution in [1.82, 2.24) is 5.32 Å². The predicted molar refractivity (Wildman–Crippen MR) is 74.4 cm³/mol. The van der Waals surface area contributed by atoms with Gasteiger partial charge in [-0.2, -0.15) is 0 Å². The summed E-state index contributed by atoms with van der Waals surface area (Å²) < 4.78 is 10.8. The van der Waals surface area contributed by atoms with Crippen LogP contribution in [0.4, 0.5) is 0 Å². The van der Waals surface area contributed by atoms with Crippen LogP contribution in [0.2, 0.25) is 0 Å². The third-order valence-corrected chi connectivity index (χ3v) is 2.37. The number of rotatable bonds is 9. The van der Waals surface area contributed by atoms with Crippen molar-refractivity contribution in [1.29, 1.82) is 0 Å². The van der Waals surface area contributed by atoms with Crippen molar-refractivity contribution in [3.05, 3.63) is 24.3 Å². The molecule has 0 heterocycles. The van der Waals surface area contributed by atoms with E-state index in [-0.39, 0.29) is 12.5 Å². The molecule has 1 amide bonds. The maximum atomic E-state index is 11.4. The van der Waals surface area contributed by atoms with Crippen LogP contribution in [0.15, 0.2) is 24.3 Å². The molecule has 0 saturated heterocycles. The van der Waals surface area contributed by atoms with Crippen molar-refractivity contribution >= 4 is 5.91 Å². The third-order valence-electron chi connectivity index (χ3n) is 2.37. The van der Waals surface area contributed by atoms with Crippen molar-refractivity contribution in [3.8, 4) is 11.5 Å². The summed E-state index contributed by atoms with van der Waals surface area (Å²) in [4.78, 5) is 11.4. The zero-order valence-electron chi connectivity index (χ0n) is 11.4. The quantitative estimate of drug-likeness (QED) is 0.661. The Morgan fingerprint density at radius 2 is 1.84 bits per heavy atom. The van der Waals surface area contributed by atoms with Gasteiger partial charge in [-0.05, 0) is 43.7 Å². The second-order valence-corrected chi connectivity index (χ2v) is 4.10. The van der Waals surface area contributed by atoms with Gasteiger partial charge in [-0.15, -0.1) is 0 Å². The number of carbonyl (C=O) groups is 1. The van der Waals surface area contributed by atoms with Crippen molar-refractivity contribution in [3.63, 3.8) is 0 Å². The van der Waals surface area contributed by atoms with Gasteiger partial charge in [0.15, 0.2) is 6.61 Å². The molecule has 0 aromatic heterocycles. The second kappa shape index (κ2) is 9.22. The molecule has 1 aromatic rings. The van der Waals surface area contributed by atoms with Crippen molar-refractivity contribution in [2.45, 2.75) is 19.8 Å². The Morgan fingerprint density at radius 1 is 1.21 bits per heavy atom. The largest absolute Gasteiger partial charge is 0.494 e. The summed E-state index contributed by atoms with van der Waals surface area (Å²) in [5, 5.41) is 2.72. The Balaban J connectivity index is 2.27. The molecule has 0 saturated carbocycles. The van der Waals surface area contributed by atoms with Gasteiger partial charge in [0.2, 0.25) is 0 Å².